The van der Waals surface area contributed by atoms with E-state index in [4.69, 9.17) is 15.2 Å². The zero-order valence-electron chi connectivity index (χ0n) is 14.7. The molecular formula is C19H21N3O4S. The number of nitrogens with two attached hydrogens (primary N) is 1. The molecule has 1 aliphatic carbocycles. The van der Waals surface area contributed by atoms with E-state index in [9.17, 15) is 9.59 Å². The van der Waals surface area contributed by atoms with Crippen LogP contribution in [0.25, 0.3) is 0 Å². The molecule has 2 amide bonds. The molecule has 0 saturated heterocycles. The summed E-state index contributed by atoms with van der Waals surface area (Å²) in [5.74, 6) is 0.651. The van der Waals surface area contributed by atoms with Gasteiger partial charge in [0.25, 0.3) is 5.91 Å². The van der Waals surface area contributed by atoms with Crippen LogP contribution in [-0.2, 0) is 4.79 Å². The van der Waals surface area contributed by atoms with Crippen LogP contribution in [0.5, 0.6) is 11.5 Å². The van der Waals surface area contributed by atoms with Gasteiger partial charge in [-0.2, -0.15) is 0 Å². The number of ether oxygens (including phenoxy) is 2. The first kappa shape index (κ1) is 17.8. The van der Waals surface area contributed by atoms with Crippen molar-refractivity contribution in [2.24, 2.45) is 11.7 Å². The lowest BCUT2D eigenvalue weighted by atomic mass is 10.1. The Kier molecular flexibility index (Phi) is 5.00. The third-order valence-corrected chi connectivity index (χ3v) is 5.65. The lowest BCUT2D eigenvalue weighted by Gasteiger charge is -2.22. The Labute approximate surface area is 160 Å². The molecule has 0 spiro atoms. The van der Waals surface area contributed by atoms with Gasteiger partial charge in [0.05, 0.1) is 16.3 Å². The number of hydrogen-bond acceptors (Lipinski definition) is 6. The van der Waals surface area contributed by atoms with Crippen LogP contribution in [0.3, 0.4) is 0 Å². The van der Waals surface area contributed by atoms with Gasteiger partial charge in [-0.15, -0.1) is 11.3 Å². The fourth-order valence-corrected chi connectivity index (χ4v) is 4.00. The zero-order valence-corrected chi connectivity index (χ0v) is 15.5. The van der Waals surface area contributed by atoms with E-state index in [-0.39, 0.29) is 23.8 Å². The molecule has 0 radical (unpaired) electrons. The number of nitrogens with one attached hydrogen (secondary N) is 2. The van der Waals surface area contributed by atoms with E-state index in [1.54, 1.807) is 18.2 Å². The maximum atomic E-state index is 12.6. The molecule has 2 aliphatic rings. The van der Waals surface area contributed by atoms with Gasteiger partial charge in [-0.1, -0.05) is 6.07 Å². The normalized spacial score (nSPS) is 20.9. The maximum Gasteiger partial charge on any atom is 0.265 e. The maximum absolute atomic E-state index is 12.6. The van der Waals surface area contributed by atoms with Crippen molar-refractivity contribution in [2.45, 2.75) is 25.3 Å². The predicted molar refractivity (Wildman–Crippen MR) is 104 cm³/mol. The standard InChI is InChI=1S/C19H21N3O4S/c20-12-4-3-11(8-12)18(23)21-13-9-15-16(26-6-5-25-15)10-14(13)22-19(24)17-2-1-7-27-17/h1-2,7,9-12H,3-6,8,20H2,(H,21,23)(H,22,24)/t11-,12+/m0/s1. The van der Waals surface area contributed by atoms with E-state index in [0.717, 1.165) is 12.8 Å². The van der Waals surface area contributed by atoms with E-state index in [2.05, 4.69) is 10.6 Å². The van der Waals surface area contributed by atoms with Crippen molar-refractivity contribution < 1.29 is 19.1 Å². The van der Waals surface area contributed by atoms with Crippen molar-refractivity contribution in [1.29, 1.82) is 0 Å². The van der Waals surface area contributed by atoms with Crippen molar-refractivity contribution in [3.63, 3.8) is 0 Å². The second-order valence-corrected chi connectivity index (χ2v) is 7.68. The van der Waals surface area contributed by atoms with Crippen LogP contribution in [0, 0.1) is 5.92 Å². The second kappa shape index (κ2) is 7.58. The van der Waals surface area contributed by atoms with Crippen LogP contribution in [0.15, 0.2) is 29.6 Å². The minimum absolute atomic E-state index is 0.0685. The molecule has 1 aromatic carbocycles. The first-order valence-electron chi connectivity index (χ1n) is 8.95. The summed E-state index contributed by atoms with van der Waals surface area (Å²) < 4.78 is 11.2. The second-order valence-electron chi connectivity index (χ2n) is 6.73. The highest BCUT2D eigenvalue weighted by atomic mass is 32.1. The number of hydrogen-bond donors (Lipinski definition) is 3. The van der Waals surface area contributed by atoms with Crippen molar-refractivity contribution in [1.82, 2.24) is 0 Å². The van der Waals surface area contributed by atoms with Gasteiger partial charge in [0.1, 0.15) is 13.2 Å². The highest BCUT2D eigenvalue weighted by Gasteiger charge is 2.29. The van der Waals surface area contributed by atoms with E-state index in [1.165, 1.54) is 11.3 Å². The molecule has 142 valence electrons. The lowest BCUT2D eigenvalue weighted by Crippen LogP contribution is -2.24. The van der Waals surface area contributed by atoms with Gasteiger partial charge in [0, 0.05) is 24.1 Å². The fourth-order valence-electron chi connectivity index (χ4n) is 3.38. The average molecular weight is 387 g/mol. The average Bonchev–Trinajstić information content (AvgIpc) is 3.34. The number of carbonyl (C=O) groups is 2. The number of carbonyl (C=O) groups excluding carboxylic acids is 2. The van der Waals surface area contributed by atoms with Gasteiger partial charge in [0.2, 0.25) is 5.91 Å². The van der Waals surface area contributed by atoms with Crippen LogP contribution in [-0.4, -0.2) is 31.1 Å². The molecule has 27 heavy (non-hydrogen) atoms. The van der Waals surface area contributed by atoms with Gasteiger partial charge in [-0.05, 0) is 30.7 Å². The summed E-state index contributed by atoms with van der Waals surface area (Å²) in [6.45, 7) is 0.885. The third kappa shape index (κ3) is 3.91. The van der Waals surface area contributed by atoms with E-state index >= 15 is 0 Å². The third-order valence-electron chi connectivity index (χ3n) is 4.78. The van der Waals surface area contributed by atoms with Gasteiger partial charge >= 0.3 is 0 Å². The van der Waals surface area contributed by atoms with Crippen LogP contribution >= 0.6 is 11.3 Å². The Hall–Kier alpha value is -2.58. The van der Waals surface area contributed by atoms with Crippen LogP contribution < -0.4 is 25.8 Å². The number of thiophene rings is 1. The minimum atomic E-state index is -0.236. The molecule has 2 aromatic rings. The summed E-state index contributed by atoms with van der Waals surface area (Å²) in [6, 6.07) is 7.02. The fraction of sp³-hybridized carbons (Fsp3) is 0.368. The molecule has 4 N–H and O–H groups in total. The Morgan fingerprint density at radius 3 is 2.37 bits per heavy atom. The monoisotopic (exact) mass is 387 g/mol. The smallest absolute Gasteiger partial charge is 0.265 e. The number of rotatable bonds is 4. The van der Waals surface area contributed by atoms with Crippen molar-refractivity contribution >= 4 is 34.5 Å². The lowest BCUT2D eigenvalue weighted by molar-refractivity contribution is -0.119. The molecule has 0 bridgehead atoms. The van der Waals surface area contributed by atoms with Crippen molar-refractivity contribution in [2.75, 3.05) is 23.8 Å². The molecule has 2 heterocycles. The number of amides is 2. The van der Waals surface area contributed by atoms with E-state index in [0.29, 0.717) is 47.4 Å². The summed E-state index contributed by atoms with van der Waals surface area (Å²) in [5.41, 5.74) is 6.90. The molecule has 1 fully saturated rings. The predicted octanol–water partition coefficient (Wildman–Crippen LogP) is 2.84. The zero-order chi connectivity index (χ0) is 18.8. The quantitative estimate of drug-likeness (QED) is 0.749. The molecule has 1 saturated carbocycles. The van der Waals surface area contributed by atoms with Crippen molar-refractivity contribution in [3.8, 4) is 11.5 Å². The number of benzene rings is 1. The molecule has 8 heteroatoms. The molecule has 2 atom stereocenters. The minimum Gasteiger partial charge on any atom is -0.486 e. The summed E-state index contributed by atoms with van der Waals surface area (Å²) in [7, 11) is 0. The molecule has 4 rings (SSSR count). The summed E-state index contributed by atoms with van der Waals surface area (Å²) in [6.07, 6.45) is 2.29. The molecule has 1 aromatic heterocycles. The van der Waals surface area contributed by atoms with Gasteiger partial charge in [0.15, 0.2) is 11.5 Å². The van der Waals surface area contributed by atoms with Gasteiger partial charge in [-0.25, -0.2) is 0 Å². The Morgan fingerprint density at radius 2 is 1.78 bits per heavy atom. The van der Waals surface area contributed by atoms with E-state index in [1.807, 2.05) is 11.4 Å². The van der Waals surface area contributed by atoms with Gasteiger partial charge in [-0.3, -0.25) is 9.59 Å². The molecule has 0 unspecified atom stereocenters. The SMILES string of the molecule is N[C@@H]1CC[C@H](C(=O)Nc2cc3c(cc2NC(=O)c2cccs2)OCCO3)C1. The number of anilines is 2. The van der Waals surface area contributed by atoms with Crippen LogP contribution in [0.2, 0.25) is 0 Å². The molecule has 1 aliphatic heterocycles. The highest BCUT2D eigenvalue weighted by molar-refractivity contribution is 7.12. The Bertz CT molecular complexity index is 853. The summed E-state index contributed by atoms with van der Waals surface area (Å²) in [5, 5.41) is 7.63. The molecule has 7 nitrogen and oxygen atoms in total. The topological polar surface area (TPSA) is 103 Å². The number of fused-ring (bicyclic) bond motifs is 1. The van der Waals surface area contributed by atoms with Crippen LogP contribution in [0.4, 0.5) is 11.4 Å². The van der Waals surface area contributed by atoms with Crippen molar-refractivity contribution in [3.05, 3.63) is 34.5 Å². The Balaban J connectivity index is 1.59. The first-order valence-corrected chi connectivity index (χ1v) is 9.83. The van der Waals surface area contributed by atoms with Crippen LogP contribution in [0.1, 0.15) is 28.9 Å². The van der Waals surface area contributed by atoms with Gasteiger partial charge < -0.3 is 25.8 Å². The highest BCUT2D eigenvalue weighted by Crippen LogP contribution is 2.39. The molecular weight excluding hydrogens is 366 g/mol. The summed E-state index contributed by atoms with van der Waals surface area (Å²) >= 11 is 1.35. The Morgan fingerprint density at radius 1 is 1.07 bits per heavy atom. The summed E-state index contributed by atoms with van der Waals surface area (Å²) in [4.78, 5) is 25.7. The first-order chi connectivity index (χ1) is 13.1. The van der Waals surface area contributed by atoms with E-state index < -0.39 is 0 Å². The largest absolute Gasteiger partial charge is 0.486 e.